The fourth-order valence-electron chi connectivity index (χ4n) is 6.61. The van der Waals surface area contributed by atoms with Crippen LogP contribution < -0.4 is 0 Å². The molecule has 6 rings (SSSR count). The summed E-state index contributed by atoms with van der Waals surface area (Å²) in [5, 5.41) is 9.98. The number of hydrogen-bond acceptors (Lipinski definition) is 2. The smallest absolute Gasteiger partial charge is 0.235 e. The van der Waals surface area contributed by atoms with E-state index in [1.54, 1.807) is 0 Å². The predicted octanol–water partition coefficient (Wildman–Crippen LogP) is 3.05. The van der Waals surface area contributed by atoms with Gasteiger partial charge in [0.15, 0.2) is 0 Å². The molecule has 3 heteroatoms. The van der Waals surface area contributed by atoms with Gasteiger partial charge < -0.3 is 5.11 Å². The molecule has 3 nitrogen and oxygen atoms in total. The third-order valence-electron chi connectivity index (χ3n) is 7.26. The topological polar surface area (TPSA) is 26.5 Å². The van der Waals surface area contributed by atoms with Crippen LogP contribution in [0.15, 0.2) is 30.3 Å². The molecule has 0 spiro atoms. The molecule has 4 fully saturated rings. The summed E-state index contributed by atoms with van der Waals surface area (Å²) in [7, 11) is 0. The number of rotatable bonds is 4. The standard InChI is InChI=1S/C21H29N2O/c24-14-20(19-4-2-1-3-5-19)22-6-7-23(15-22)21-11-16-8-17(12-21)10-18(9-16)13-21/h1-5,15-18,20,24H,6-14H2/q+1. The molecule has 1 atom stereocenters. The van der Waals surface area contributed by atoms with Crippen molar-refractivity contribution in [2.24, 2.45) is 17.8 Å². The van der Waals surface area contributed by atoms with Gasteiger partial charge in [-0.25, -0.2) is 0 Å². The molecule has 1 aromatic carbocycles. The van der Waals surface area contributed by atoms with E-state index in [2.05, 4.69) is 40.1 Å². The van der Waals surface area contributed by atoms with Crippen LogP contribution in [0.4, 0.5) is 0 Å². The van der Waals surface area contributed by atoms with E-state index in [0.717, 1.165) is 30.8 Å². The van der Waals surface area contributed by atoms with E-state index in [0.29, 0.717) is 5.54 Å². The van der Waals surface area contributed by atoms with Crippen LogP contribution in [0.1, 0.15) is 50.1 Å². The average molecular weight is 325 g/mol. The summed E-state index contributed by atoms with van der Waals surface area (Å²) in [6.07, 6.45) is 11.1. The second kappa shape index (κ2) is 5.59. The van der Waals surface area contributed by atoms with E-state index in [9.17, 15) is 5.11 Å². The van der Waals surface area contributed by atoms with E-state index in [-0.39, 0.29) is 12.6 Å². The Bertz CT molecular complexity index is 603. The maximum Gasteiger partial charge on any atom is 0.235 e. The van der Waals surface area contributed by atoms with E-state index in [1.807, 2.05) is 6.07 Å². The van der Waals surface area contributed by atoms with Crippen molar-refractivity contribution in [1.29, 1.82) is 0 Å². The van der Waals surface area contributed by atoms with Crippen molar-refractivity contribution in [2.75, 3.05) is 19.7 Å². The molecular formula is C21H29N2O+. The van der Waals surface area contributed by atoms with Gasteiger partial charge in [0.1, 0.15) is 24.7 Å². The van der Waals surface area contributed by atoms with Crippen LogP contribution in [0.2, 0.25) is 0 Å². The highest BCUT2D eigenvalue weighted by Crippen LogP contribution is 2.57. The Labute approximate surface area is 145 Å². The monoisotopic (exact) mass is 325 g/mol. The van der Waals surface area contributed by atoms with Gasteiger partial charge in [-0.05, 0) is 61.8 Å². The molecular weight excluding hydrogens is 296 g/mol. The Balaban J connectivity index is 1.41. The summed E-state index contributed by atoms with van der Waals surface area (Å²) in [4.78, 5) is 2.68. The molecule has 0 saturated heterocycles. The van der Waals surface area contributed by atoms with Gasteiger partial charge in [0.05, 0.1) is 6.61 Å². The Morgan fingerprint density at radius 1 is 1.04 bits per heavy atom. The minimum Gasteiger partial charge on any atom is -0.392 e. The van der Waals surface area contributed by atoms with Crippen LogP contribution in [0.3, 0.4) is 0 Å². The van der Waals surface area contributed by atoms with Crippen molar-refractivity contribution in [3.05, 3.63) is 35.9 Å². The SMILES string of the molecule is OCC(c1ccccc1)[N+]1=CN(C23CC4CC(CC(C4)C2)C3)CC1. The average Bonchev–Trinajstić information content (AvgIpc) is 3.06. The first-order chi connectivity index (χ1) is 11.8. The second-order valence-corrected chi connectivity index (χ2v) is 8.80. The molecule has 0 amide bonds. The summed E-state index contributed by atoms with van der Waals surface area (Å²) < 4.78 is 2.38. The Morgan fingerprint density at radius 3 is 2.25 bits per heavy atom. The molecule has 0 radical (unpaired) electrons. The molecule has 128 valence electrons. The Hall–Kier alpha value is -1.35. The van der Waals surface area contributed by atoms with Gasteiger partial charge in [0.25, 0.3) is 0 Å². The maximum atomic E-state index is 9.98. The third-order valence-corrected chi connectivity index (χ3v) is 7.26. The summed E-state index contributed by atoms with van der Waals surface area (Å²) in [5.74, 6) is 2.96. The lowest BCUT2D eigenvalue weighted by molar-refractivity contribution is -0.563. The van der Waals surface area contributed by atoms with Gasteiger partial charge in [-0.2, -0.15) is 0 Å². The zero-order chi connectivity index (χ0) is 16.1. The van der Waals surface area contributed by atoms with Gasteiger partial charge in [0.2, 0.25) is 6.34 Å². The van der Waals surface area contributed by atoms with E-state index in [1.165, 1.54) is 44.1 Å². The van der Waals surface area contributed by atoms with Crippen LogP contribution >= 0.6 is 0 Å². The third kappa shape index (κ3) is 2.32. The number of hydrogen-bond donors (Lipinski definition) is 1. The molecule has 1 aliphatic heterocycles. The minimum atomic E-state index is 0.102. The second-order valence-electron chi connectivity index (χ2n) is 8.80. The van der Waals surface area contributed by atoms with Crippen LogP contribution in [0.5, 0.6) is 0 Å². The van der Waals surface area contributed by atoms with Gasteiger partial charge in [-0.1, -0.05) is 30.3 Å². The highest BCUT2D eigenvalue weighted by Gasteiger charge is 2.57. The molecule has 1 aromatic rings. The van der Waals surface area contributed by atoms with E-state index >= 15 is 0 Å². The fourth-order valence-corrected chi connectivity index (χ4v) is 6.61. The highest BCUT2D eigenvalue weighted by atomic mass is 16.3. The first kappa shape index (κ1) is 14.9. The molecule has 1 heterocycles. The summed E-state index contributed by atoms with van der Waals surface area (Å²) in [6.45, 7) is 2.37. The summed E-state index contributed by atoms with van der Waals surface area (Å²) in [6, 6.07) is 10.6. The van der Waals surface area contributed by atoms with Crippen molar-refractivity contribution in [1.82, 2.24) is 4.90 Å². The first-order valence-corrected chi connectivity index (χ1v) is 9.79. The lowest BCUT2D eigenvalue weighted by atomic mass is 9.52. The predicted molar refractivity (Wildman–Crippen MR) is 95.1 cm³/mol. The van der Waals surface area contributed by atoms with Crippen LogP contribution in [0.25, 0.3) is 0 Å². The lowest BCUT2D eigenvalue weighted by Crippen LogP contribution is -2.59. The van der Waals surface area contributed by atoms with Gasteiger partial charge >= 0.3 is 0 Å². The molecule has 4 aliphatic carbocycles. The van der Waals surface area contributed by atoms with Crippen LogP contribution in [-0.2, 0) is 0 Å². The van der Waals surface area contributed by atoms with Crippen molar-refractivity contribution in [3.8, 4) is 0 Å². The molecule has 1 N–H and O–H groups in total. The molecule has 0 aromatic heterocycles. The Morgan fingerprint density at radius 2 is 1.67 bits per heavy atom. The fraction of sp³-hybridized carbons (Fsp3) is 0.667. The highest BCUT2D eigenvalue weighted by molar-refractivity contribution is 5.53. The Kier molecular flexibility index (Phi) is 3.48. The largest absolute Gasteiger partial charge is 0.392 e. The quantitative estimate of drug-likeness (QED) is 0.861. The minimum absolute atomic E-state index is 0.102. The zero-order valence-electron chi connectivity index (χ0n) is 14.5. The van der Waals surface area contributed by atoms with Crippen LogP contribution in [0, 0.1) is 17.8 Å². The first-order valence-electron chi connectivity index (χ1n) is 9.79. The summed E-state index contributed by atoms with van der Waals surface area (Å²) in [5.41, 5.74) is 1.67. The van der Waals surface area contributed by atoms with Crippen LogP contribution in [-0.4, -0.2) is 46.2 Å². The van der Waals surface area contributed by atoms with Gasteiger partial charge in [-0.15, -0.1) is 0 Å². The lowest BCUT2D eigenvalue weighted by Gasteiger charge is -2.56. The normalized spacial score (nSPS) is 38.5. The number of nitrogens with zero attached hydrogens (tertiary/aromatic N) is 2. The van der Waals surface area contributed by atoms with E-state index < -0.39 is 0 Å². The van der Waals surface area contributed by atoms with Gasteiger partial charge in [-0.3, -0.25) is 9.48 Å². The van der Waals surface area contributed by atoms with Crippen molar-refractivity contribution in [3.63, 3.8) is 0 Å². The molecule has 4 saturated carbocycles. The molecule has 5 aliphatic rings. The number of aliphatic hydroxyl groups is 1. The maximum absolute atomic E-state index is 9.98. The number of benzene rings is 1. The zero-order valence-corrected chi connectivity index (χ0v) is 14.5. The van der Waals surface area contributed by atoms with E-state index in [4.69, 9.17) is 0 Å². The van der Waals surface area contributed by atoms with Crippen molar-refractivity contribution >= 4 is 6.34 Å². The molecule has 24 heavy (non-hydrogen) atoms. The van der Waals surface area contributed by atoms with Crippen molar-refractivity contribution in [2.45, 2.75) is 50.1 Å². The molecule has 1 unspecified atom stereocenters. The van der Waals surface area contributed by atoms with Gasteiger partial charge in [0, 0.05) is 0 Å². The number of aliphatic hydroxyl groups excluding tert-OH is 1. The summed E-state index contributed by atoms with van der Waals surface area (Å²) >= 11 is 0. The van der Waals surface area contributed by atoms with Crippen molar-refractivity contribution < 1.29 is 9.68 Å². The molecule has 4 bridgehead atoms.